The first-order valence-electron chi connectivity index (χ1n) is 8.60. The summed E-state index contributed by atoms with van der Waals surface area (Å²) in [5.41, 5.74) is 2.36. The van der Waals surface area contributed by atoms with Gasteiger partial charge in [0.2, 0.25) is 0 Å². The molecule has 0 spiro atoms. The lowest BCUT2D eigenvalue weighted by Gasteiger charge is -2.07. The smallest absolute Gasteiger partial charge is 0.276 e. The molecule has 0 bridgehead atoms. The van der Waals surface area contributed by atoms with Crippen molar-refractivity contribution in [2.45, 2.75) is 52.0 Å². The summed E-state index contributed by atoms with van der Waals surface area (Å²) in [5.74, 6) is 0.150. The van der Waals surface area contributed by atoms with Crippen molar-refractivity contribution in [2.24, 2.45) is 5.92 Å². The Hall–Kier alpha value is -1.95. The van der Waals surface area contributed by atoms with E-state index in [2.05, 4.69) is 10.4 Å². The fourth-order valence-corrected chi connectivity index (χ4v) is 4.51. The van der Waals surface area contributed by atoms with Gasteiger partial charge in [0.15, 0.2) is 11.5 Å². The molecule has 2 aliphatic rings. The van der Waals surface area contributed by atoms with E-state index in [9.17, 15) is 9.59 Å². The Morgan fingerprint density at radius 3 is 2.79 bits per heavy atom. The van der Waals surface area contributed by atoms with E-state index in [0.29, 0.717) is 5.69 Å². The van der Waals surface area contributed by atoms with Crippen molar-refractivity contribution < 1.29 is 9.59 Å². The Balaban J connectivity index is 1.62. The number of thiophene rings is 1. The molecule has 2 aromatic rings. The molecule has 126 valence electrons. The van der Waals surface area contributed by atoms with Gasteiger partial charge in [-0.3, -0.25) is 14.3 Å². The molecule has 1 N–H and O–H groups in total. The van der Waals surface area contributed by atoms with Gasteiger partial charge >= 0.3 is 0 Å². The minimum atomic E-state index is -0.237. The highest BCUT2D eigenvalue weighted by atomic mass is 32.1. The van der Waals surface area contributed by atoms with Crippen LogP contribution in [-0.2, 0) is 12.8 Å². The quantitative estimate of drug-likeness (QED) is 0.839. The van der Waals surface area contributed by atoms with E-state index < -0.39 is 0 Å². The number of anilines is 1. The van der Waals surface area contributed by atoms with Crippen LogP contribution < -0.4 is 5.32 Å². The minimum absolute atomic E-state index is 0.167. The van der Waals surface area contributed by atoms with E-state index in [0.717, 1.165) is 42.7 Å². The molecule has 0 saturated heterocycles. The third kappa shape index (κ3) is 2.69. The Bertz CT molecular complexity index is 814. The van der Waals surface area contributed by atoms with Crippen LogP contribution in [0.1, 0.15) is 70.4 Å². The van der Waals surface area contributed by atoms with Crippen molar-refractivity contribution >= 4 is 28.0 Å². The van der Waals surface area contributed by atoms with Crippen LogP contribution in [0.2, 0.25) is 0 Å². The molecule has 5 nitrogen and oxygen atoms in total. The number of nitrogens with one attached hydrogen (secondary N) is 1. The van der Waals surface area contributed by atoms with Crippen LogP contribution in [0.25, 0.3) is 0 Å². The molecule has 0 atom stereocenters. The van der Waals surface area contributed by atoms with E-state index in [1.54, 1.807) is 22.1 Å². The lowest BCUT2D eigenvalue weighted by molar-refractivity contribution is 0.0968. The molecule has 0 radical (unpaired) electrons. The largest absolute Gasteiger partial charge is 0.312 e. The number of nitrogens with zero attached hydrogens (tertiary/aromatic N) is 2. The second-order valence-corrected chi connectivity index (χ2v) is 8.03. The van der Waals surface area contributed by atoms with Gasteiger partial charge in [-0.25, -0.2) is 0 Å². The molecule has 24 heavy (non-hydrogen) atoms. The van der Waals surface area contributed by atoms with E-state index in [1.807, 2.05) is 20.0 Å². The predicted octanol–water partition coefficient (Wildman–Crippen LogP) is 3.86. The molecule has 2 aromatic heterocycles. The van der Waals surface area contributed by atoms with E-state index >= 15 is 0 Å². The first kappa shape index (κ1) is 15.6. The molecule has 0 aromatic carbocycles. The number of carbonyl (C=O) groups is 2. The SMILES string of the molecule is CC(C)n1ccc(C(=O)Nc2sc3c(c2C(=O)C2CC2)CCC3)n1. The van der Waals surface area contributed by atoms with Crippen molar-refractivity contribution in [1.82, 2.24) is 9.78 Å². The van der Waals surface area contributed by atoms with Crippen LogP contribution in [0, 0.1) is 5.92 Å². The maximum absolute atomic E-state index is 12.7. The number of fused-ring (bicyclic) bond motifs is 1. The van der Waals surface area contributed by atoms with E-state index in [1.165, 1.54) is 10.4 Å². The fraction of sp³-hybridized carbons (Fsp3) is 0.500. The number of ketones is 1. The minimum Gasteiger partial charge on any atom is -0.312 e. The lowest BCUT2D eigenvalue weighted by Crippen LogP contribution is -2.16. The second-order valence-electron chi connectivity index (χ2n) is 6.93. The third-order valence-electron chi connectivity index (χ3n) is 4.71. The summed E-state index contributed by atoms with van der Waals surface area (Å²) >= 11 is 1.57. The van der Waals surface area contributed by atoms with Gasteiger partial charge in [-0.15, -0.1) is 11.3 Å². The zero-order valence-corrected chi connectivity index (χ0v) is 14.8. The zero-order chi connectivity index (χ0) is 16.8. The van der Waals surface area contributed by atoms with E-state index in [4.69, 9.17) is 0 Å². The molecule has 1 fully saturated rings. The van der Waals surface area contributed by atoms with Gasteiger partial charge in [-0.05, 0) is 57.6 Å². The standard InChI is InChI=1S/C18H21N3O2S/c1-10(2)21-9-8-13(20-21)17(23)19-18-15(16(22)11-6-7-11)12-4-3-5-14(12)24-18/h8-11H,3-7H2,1-2H3,(H,19,23). The van der Waals surface area contributed by atoms with Crippen LogP contribution in [0.15, 0.2) is 12.3 Å². The second kappa shape index (κ2) is 5.84. The number of hydrogen-bond acceptors (Lipinski definition) is 4. The monoisotopic (exact) mass is 343 g/mol. The van der Waals surface area contributed by atoms with Crippen molar-refractivity contribution in [2.75, 3.05) is 5.32 Å². The number of aromatic nitrogens is 2. The van der Waals surface area contributed by atoms with Gasteiger partial charge < -0.3 is 5.32 Å². The summed E-state index contributed by atoms with van der Waals surface area (Å²) in [6.07, 6.45) is 6.86. The number of carbonyl (C=O) groups excluding carboxylic acids is 2. The Labute approximate surface area is 145 Å². The summed E-state index contributed by atoms with van der Waals surface area (Å²) in [6, 6.07) is 1.93. The van der Waals surface area contributed by atoms with Crippen LogP contribution in [0.4, 0.5) is 5.00 Å². The average molecular weight is 343 g/mol. The Morgan fingerprint density at radius 1 is 1.33 bits per heavy atom. The molecular formula is C18H21N3O2S. The lowest BCUT2D eigenvalue weighted by atomic mass is 10.0. The van der Waals surface area contributed by atoms with Gasteiger partial charge in [0, 0.05) is 23.0 Å². The third-order valence-corrected chi connectivity index (χ3v) is 5.92. The number of Topliss-reactive ketones (excluding diaryl/α,β-unsaturated/α-hetero) is 1. The molecule has 4 rings (SSSR count). The van der Waals surface area contributed by atoms with Gasteiger partial charge in [0.25, 0.3) is 5.91 Å². The summed E-state index contributed by atoms with van der Waals surface area (Å²) in [6.45, 7) is 4.04. The maximum Gasteiger partial charge on any atom is 0.276 e. The summed E-state index contributed by atoms with van der Waals surface area (Å²) < 4.78 is 1.76. The Morgan fingerprint density at radius 2 is 2.12 bits per heavy atom. The highest BCUT2D eigenvalue weighted by molar-refractivity contribution is 7.17. The van der Waals surface area contributed by atoms with Crippen molar-refractivity contribution in [3.63, 3.8) is 0 Å². The van der Waals surface area contributed by atoms with Crippen LogP contribution >= 0.6 is 11.3 Å². The van der Waals surface area contributed by atoms with Crippen LogP contribution in [0.5, 0.6) is 0 Å². The molecule has 2 aliphatic carbocycles. The molecular weight excluding hydrogens is 322 g/mol. The normalized spacial score (nSPS) is 16.5. The molecule has 0 unspecified atom stereocenters. The summed E-state index contributed by atoms with van der Waals surface area (Å²) in [5, 5.41) is 7.99. The average Bonchev–Trinajstić information content (AvgIpc) is 2.95. The molecule has 1 saturated carbocycles. The maximum atomic E-state index is 12.7. The topological polar surface area (TPSA) is 64.0 Å². The fourth-order valence-electron chi connectivity index (χ4n) is 3.22. The number of amides is 1. The zero-order valence-electron chi connectivity index (χ0n) is 14.0. The predicted molar refractivity (Wildman–Crippen MR) is 94.0 cm³/mol. The molecule has 0 aliphatic heterocycles. The Kier molecular flexibility index (Phi) is 3.79. The van der Waals surface area contributed by atoms with Crippen molar-refractivity contribution in [3.05, 3.63) is 34.0 Å². The van der Waals surface area contributed by atoms with E-state index in [-0.39, 0.29) is 23.7 Å². The van der Waals surface area contributed by atoms with Crippen molar-refractivity contribution in [1.29, 1.82) is 0 Å². The van der Waals surface area contributed by atoms with Crippen LogP contribution in [-0.4, -0.2) is 21.5 Å². The first-order valence-corrected chi connectivity index (χ1v) is 9.41. The molecule has 6 heteroatoms. The van der Waals surface area contributed by atoms with Gasteiger partial charge in [-0.2, -0.15) is 5.10 Å². The number of rotatable bonds is 5. The highest BCUT2D eigenvalue weighted by Gasteiger charge is 2.36. The molecule has 1 amide bonds. The first-order chi connectivity index (χ1) is 11.5. The number of aryl methyl sites for hydroxylation is 1. The van der Waals surface area contributed by atoms with Gasteiger partial charge in [0.1, 0.15) is 5.00 Å². The van der Waals surface area contributed by atoms with Gasteiger partial charge in [-0.1, -0.05) is 0 Å². The summed E-state index contributed by atoms with van der Waals surface area (Å²) in [4.78, 5) is 26.5. The summed E-state index contributed by atoms with van der Waals surface area (Å²) in [7, 11) is 0. The number of hydrogen-bond donors (Lipinski definition) is 1. The molecule has 2 heterocycles. The van der Waals surface area contributed by atoms with Gasteiger partial charge in [0.05, 0.1) is 5.56 Å². The highest BCUT2D eigenvalue weighted by Crippen LogP contribution is 2.43. The van der Waals surface area contributed by atoms with Crippen molar-refractivity contribution in [3.8, 4) is 0 Å². The van der Waals surface area contributed by atoms with Crippen LogP contribution in [0.3, 0.4) is 0 Å².